The van der Waals surface area contributed by atoms with Crippen molar-refractivity contribution < 1.29 is 4.74 Å². The van der Waals surface area contributed by atoms with Gasteiger partial charge in [0.2, 0.25) is 0 Å². The van der Waals surface area contributed by atoms with Gasteiger partial charge >= 0.3 is 0 Å². The molecule has 1 unspecified atom stereocenters. The smallest absolute Gasteiger partial charge is 0.138 e. The summed E-state index contributed by atoms with van der Waals surface area (Å²) in [5, 5.41) is 4.58. The predicted octanol–water partition coefficient (Wildman–Crippen LogP) is 3.85. The summed E-state index contributed by atoms with van der Waals surface area (Å²) < 4.78 is 5.83. The van der Waals surface area contributed by atoms with Gasteiger partial charge in [-0.2, -0.15) is 0 Å². The Balaban J connectivity index is 1.95. The highest BCUT2D eigenvalue weighted by Crippen LogP contribution is 2.33. The first-order chi connectivity index (χ1) is 10.2. The van der Waals surface area contributed by atoms with Crippen LogP contribution in [-0.4, -0.2) is 29.2 Å². The van der Waals surface area contributed by atoms with Crippen molar-refractivity contribution >= 4 is 27.4 Å². The number of rotatable bonds is 4. The number of aryl methyl sites for hydroxylation is 2. The van der Waals surface area contributed by atoms with Crippen molar-refractivity contribution in [1.82, 2.24) is 9.97 Å². The van der Waals surface area contributed by atoms with E-state index in [1.54, 1.807) is 11.3 Å². The number of nitrogens with one attached hydrogen (secondary N) is 1. The fourth-order valence-electron chi connectivity index (χ4n) is 2.85. The fourth-order valence-corrected chi connectivity index (χ4v) is 3.90. The van der Waals surface area contributed by atoms with Crippen LogP contribution in [0.1, 0.15) is 42.5 Å². The second kappa shape index (κ2) is 6.28. The monoisotopic (exact) mass is 305 g/mol. The summed E-state index contributed by atoms with van der Waals surface area (Å²) in [6.45, 7) is 8.17. The summed E-state index contributed by atoms with van der Waals surface area (Å²) in [7, 11) is 0. The van der Waals surface area contributed by atoms with Crippen LogP contribution in [0.2, 0.25) is 0 Å². The van der Waals surface area contributed by atoms with Crippen molar-refractivity contribution in [3.05, 3.63) is 16.3 Å². The van der Waals surface area contributed by atoms with Gasteiger partial charge in [-0.05, 0) is 45.6 Å². The van der Waals surface area contributed by atoms with Crippen molar-refractivity contribution in [3.8, 4) is 0 Å². The van der Waals surface area contributed by atoms with Gasteiger partial charge in [0.25, 0.3) is 0 Å². The lowest BCUT2D eigenvalue weighted by Crippen LogP contribution is -2.22. The number of fused-ring (bicyclic) bond motifs is 1. The molecule has 21 heavy (non-hydrogen) atoms. The van der Waals surface area contributed by atoms with Gasteiger partial charge in [0.15, 0.2) is 0 Å². The predicted molar refractivity (Wildman–Crippen MR) is 88.3 cm³/mol. The lowest BCUT2D eigenvalue weighted by molar-refractivity contribution is 0.0157. The molecule has 0 bridgehead atoms. The van der Waals surface area contributed by atoms with Crippen LogP contribution in [-0.2, 0) is 11.2 Å². The zero-order chi connectivity index (χ0) is 14.8. The summed E-state index contributed by atoms with van der Waals surface area (Å²) in [6.07, 6.45) is 4.67. The van der Waals surface area contributed by atoms with Crippen LogP contribution in [0.4, 0.5) is 5.82 Å². The Bertz CT molecular complexity index is 632. The molecule has 5 heteroatoms. The molecule has 1 aliphatic rings. The number of aromatic nitrogens is 2. The quantitative estimate of drug-likeness (QED) is 0.932. The molecule has 1 saturated heterocycles. The van der Waals surface area contributed by atoms with Crippen molar-refractivity contribution in [3.63, 3.8) is 0 Å². The number of hydrogen-bond acceptors (Lipinski definition) is 5. The van der Waals surface area contributed by atoms with Gasteiger partial charge in [-0.3, -0.25) is 0 Å². The Kier molecular flexibility index (Phi) is 4.40. The topological polar surface area (TPSA) is 47.0 Å². The van der Waals surface area contributed by atoms with Crippen LogP contribution >= 0.6 is 11.3 Å². The van der Waals surface area contributed by atoms with Gasteiger partial charge in [-0.25, -0.2) is 9.97 Å². The molecule has 0 aromatic carbocycles. The average molecular weight is 305 g/mol. The minimum atomic E-state index is 0.285. The van der Waals surface area contributed by atoms with Gasteiger partial charge in [-0.15, -0.1) is 11.3 Å². The summed E-state index contributed by atoms with van der Waals surface area (Å²) in [5.41, 5.74) is 1.30. The Morgan fingerprint density at radius 3 is 2.86 bits per heavy atom. The maximum Gasteiger partial charge on any atom is 0.138 e. The molecule has 0 saturated carbocycles. The number of nitrogens with zero attached hydrogens (tertiary/aromatic N) is 2. The highest BCUT2D eigenvalue weighted by molar-refractivity contribution is 7.18. The van der Waals surface area contributed by atoms with Gasteiger partial charge in [0.05, 0.1) is 11.5 Å². The molecular formula is C16H23N3OS. The first-order valence-electron chi connectivity index (χ1n) is 7.81. The third kappa shape index (κ3) is 3.04. The molecule has 3 heterocycles. The van der Waals surface area contributed by atoms with Crippen molar-refractivity contribution in [2.45, 2.75) is 52.6 Å². The minimum absolute atomic E-state index is 0.285. The van der Waals surface area contributed by atoms with E-state index in [0.29, 0.717) is 0 Å². The molecular weight excluding hydrogens is 282 g/mol. The number of hydrogen-bond donors (Lipinski definition) is 1. The number of thiophene rings is 1. The second-order valence-electron chi connectivity index (χ2n) is 5.67. The number of anilines is 1. The molecule has 4 nitrogen and oxygen atoms in total. The van der Waals surface area contributed by atoms with Crippen LogP contribution in [0.25, 0.3) is 10.2 Å². The molecule has 3 rings (SSSR count). The van der Waals surface area contributed by atoms with E-state index in [0.717, 1.165) is 42.5 Å². The van der Waals surface area contributed by atoms with Crippen LogP contribution in [0.15, 0.2) is 0 Å². The molecule has 1 atom stereocenters. The molecule has 0 amide bonds. The van der Waals surface area contributed by atoms with Crippen LogP contribution < -0.4 is 5.32 Å². The van der Waals surface area contributed by atoms with E-state index in [2.05, 4.69) is 26.1 Å². The van der Waals surface area contributed by atoms with E-state index in [1.165, 1.54) is 28.7 Å². The van der Waals surface area contributed by atoms with E-state index in [1.807, 2.05) is 0 Å². The van der Waals surface area contributed by atoms with Crippen LogP contribution in [0.3, 0.4) is 0 Å². The maximum atomic E-state index is 5.83. The largest absolute Gasteiger partial charge is 0.378 e. The van der Waals surface area contributed by atoms with Crippen molar-refractivity contribution in [2.75, 3.05) is 18.5 Å². The Hall–Kier alpha value is -1.20. The van der Waals surface area contributed by atoms with Gasteiger partial charge < -0.3 is 10.1 Å². The highest BCUT2D eigenvalue weighted by Gasteiger charge is 2.19. The Morgan fingerprint density at radius 1 is 1.29 bits per heavy atom. The number of ether oxygens (including phenoxy) is 1. The zero-order valence-electron chi connectivity index (χ0n) is 13.0. The van der Waals surface area contributed by atoms with E-state index < -0.39 is 0 Å². The van der Waals surface area contributed by atoms with Gasteiger partial charge in [-0.1, -0.05) is 0 Å². The normalized spacial score (nSPS) is 19.1. The maximum absolute atomic E-state index is 5.83. The standard InChI is InChI=1S/C16H23N3OS/c1-4-17-15-14-10(2)11(3)21-16(14)19-13(18-15)9-12-7-5-6-8-20-12/h12H,4-9H2,1-3H3,(H,17,18,19). The van der Waals surface area contributed by atoms with E-state index in [4.69, 9.17) is 14.7 Å². The third-order valence-electron chi connectivity index (χ3n) is 4.10. The highest BCUT2D eigenvalue weighted by atomic mass is 32.1. The molecule has 114 valence electrons. The van der Waals surface area contributed by atoms with Crippen molar-refractivity contribution in [2.24, 2.45) is 0 Å². The molecule has 0 spiro atoms. The molecule has 0 radical (unpaired) electrons. The van der Waals surface area contributed by atoms with Gasteiger partial charge in [0, 0.05) is 24.4 Å². The van der Waals surface area contributed by atoms with E-state index in [-0.39, 0.29) is 6.10 Å². The van der Waals surface area contributed by atoms with Crippen LogP contribution in [0.5, 0.6) is 0 Å². The Labute approximate surface area is 129 Å². The summed E-state index contributed by atoms with van der Waals surface area (Å²) in [5.74, 6) is 1.89. The first kappa shape index (κ1) is 14.7. The third-order valence-corrected chi connectivity index (χ3v) is 5.20. The summed E-state index contributed by atoms with van der Waals surface area (Å²) in [6, 6.07) is 0. The fraction of sp³-hybridized carbons (Fsp3) is 0.625. The van der Waals surface area contributed by atoms with E-state index in [9.17, 15) is 0 Å². The lowest BCUT2D eigenvalue weighted by Gasteiger charge is -2.22. The molecule has 1 fully saturated rings. The molecule has 2 aromatic heterocycles. The van der Waals surface area contributed by atoms with Crippen molar-refractivity contribution in [1.29, 1.82) is 0 Å². The SMILES string of the molecule is CCNc1nc(CC2CCCCO2)nc2sc(C)c(C)c12. The van der Waals surface area contributed by atoms with Gasteiger partial charge in [0.1, 0.15) is 16.5 Å². The lowest BCUT2D eigenvalue weighted by atomic mass is 10.1. The van der Waals surface area contributed by atoms with Crippen LogP contribution in [0, 0.1) is 13.8 Å². The minimum Gasteiger partial charge on any atom is -0.378 e. The zero-order valence-corrected chi connectivity index (χ0v) is 13.8. The summed E-state index contributed by atoms with van der Waals surface area (Å²) in [4.78, 5) is 12.0. The second-order valence-corrected chi connectivity index (χ2v) is 6.88. The molecule has 1 aliphatic heterocycles. The Morgan fingerprint density at radius 2 is 2.14 bits per heavy atom. The molecule has 0 aliphatic carbocycles. The first-order valence-corrected chi connectivity index (χ1v) is 8.62. The van der Waals surface area contributed by atoms with E-state index >= 15 is 0 Å². The average Bonchev–Trinajstić information content (AvgIpc) is 2.75. The molecule has 1 N–H and O–H groups in total. The molecule has 2 aromatic rings. The summed E-state index contributed by atoms with van der Waals surface area (Å²) >= 11 is 1.76.